The molecule has 3 heterocycles. The summed E-state index contributed by atoms with van der Waals surface area (Å²) >= 11 is 12.1. The molecule has 0 bridgehead atoms. The minimum absolute atomic E-state index is 0.0496. The molecular weight excluding hydrogens is 327 g/mol. The first-order chi connectivity index (χ1) is 10.5. The number of carbonyl (C=O) groups is 2. The molecule has 0 aromatic heterocycles. The number of hydrogen-bond donors (Lipinski definition) is 4. The highest BCUT2D eigenvalue weighted by atomic mass is 35.5. The van der Waals surface area contributed by atoms with E-state index in [1.54, 1.807) is 0 Å². The quantitative estimate of drug-likeness (QED) is 0.516. The summed E-state index contributed by atoms with van der Waals surface area (Å²) in [4.78, 5) is 24.8. The number of piperazine rings is 1. The predicted molar refractivity (Wildman–Crippen MR) is 85.2 cm³/mol. The molecule has 0 spiro atoms. The maximum absolute atomic E-state index is 12.4. The van der Waals surface area contributed by atoms with Crippen molar-refractivity contribution in [1.82, 2.24) is 21.3 Å². The first-order valence-corrected chi connectivity index (χ1v) is 8.77. The Morgan fingerprint density at radius 3 is 1.45 bits per heavy atom. The summed E-state index contributed by atoms with van der Waals surface area (Å²) in [5.41, 5.74) is 0. The van der Waals surface area contributed by atoms with E-state index >= 15 is 0 Å². The molecule has 3 fully saturated rings. The van der Waals surface area contributed by atoms with Gasteiger partial charge >= 0.3 is 0 Å². The topological polar surface area (TPSA) is 82.3 Å². The molecule has 3 saturated heterocycles. The number of rotatable bonds is 2. The fourth-order valence-electron chi connectivity index (χ4n) is 3.44. The lowest BCUT2D eigenvalue weighted by atomic mass is 9.91. The Kier molecular flexibility index (Phi) is 5.12. The van der Waals surface area contributed by atoms with Gasteiger partial charge in [0.15, 0.2) is 0 Å². The van der Waals surface area contributed by atoms with Crippen LogP contribution in [0.1, 0.15) is 25.7 Å². The second-order valence-electron chi connectivity index (χ2n) is 6.35. The maximum atomic E-state index is 12.4. The average Bonchev–Trinajstić information content (AvgIpc) is 2.51. The van der Waals surface area contributed by atoms with Crippen molar-refractivity contribution in [3.8, 4) is 0 Å². The van der Waals surface area contributed by atoms with Crippen LogP contribution >= 0.6 is 23.2 Å². The van der Waals surface area contributed by atoms with Crippen LogP contribution in [-0.2, 0) is 9.59 Å². The zero-order chi connectivity index (χ0) is 15.7. The van der Waals surface area contributed by atoms with Gasteiger partial charge in [-0.1, -0.05) is 0 Å². The van der Waals surface area contributed by atoms with Crippen LogP contribution in [0.4, 0.5) is 0 Å². The van der Waals surface area contributed by atoms with Gasteiger partial charge < -0.3 is 21.3 Å². The fourth-order valence-corrected chi connectivity index (χ4v) is 3.87. The molecule has 6 nitrogen and oxygen atoms in total. The predicted octanol–water partition coefficient (Wildman–Crippen LogP) is -0.312. The molecule has 8 heteroatoms. The monoisotopic (exact) mass is 348 g/mol. The van der Waals surface area contributed by atoms with Crippen molar-refractivity contribution in [2.75, 3.05) is 13.1 Å². The molecule has 3 aliphatic heterocycles. The number of hydrogen-bond acceptors (Lipinski definition) is 4. The van der Waals surface area contributed by atoms with Gasteiger partial charge in [-0.05, 0) is 25.7 Å². The van der Waals surface area contributed by atoms with Crippen LogP contribution in [0, 0.1) is 0 Å². The van der Waals surface area contributed by atoms with E-state index in [4.69, 9.17) is 23.2 Å². The summed E-state index contributed by atoms with van der Waals surface area (Å²) in [6, 6.07) is -1.13. The van der Waals surface area contributed by atoms with E-state index in [1.165, 1.54) is 0 Å². The number of carbonyl (C=O) groups excluding carboxylic acids is 2. The van der Waals surface area contributed by atoms with E-state index in [2.05, 4.69) is 21.3 Å². The minimum Gasteiger partial charge on any atom is -0.341 e. The first-order valence-electron chi connectivity index (χ1n) is 7.90. The number of amides is 2. The molecule has 124 valence electrons. The lowest BCUT2D eigenvalue weighted by Gasteiger charge is -2.40. The Morgan fingerprint density at radius 2 is 1.14 bits per heavy atom. The van der Waals surface area contributed by atoms with Gasteiger partial charge in [-0.15, -0.1) is 23.2 Å². The van der Waals surface area contributed by atoms with Gasteiger partial charge in [0.25, 0.3) is 0 Å². The van der Waals surface area contributed by atoms with Crippen LogP contribution in [-0.4, -0.2) is 59.8 Å². The third kappa shape index (κ3) is 3.50. The van der Waals surface area contributed by atoms with E-state index in [9.17, 15) is 9.59 Å². The second-order valence-corrected chi connectivity index (χ2v) is 7.59. The van der Waals surface area contributed by atoms with Crippen LogP contribution in [0.25, 0.3) is 0 Å². The van der Waals surface area contributed by atoms with Crippen molar-refractivity contribution in [3.05, 3.63) is 0 Å². The smallest absolute Gasteiger partial charge is 0.244 e. The van der Waals surface area contributed by atoms with Crippen molar-refractivity contribution in [1.29, 1.82) is 0 Å². The van der Waals surface area contributed by atoms with Crippen molar-refractivity contribution in [2.24, 2.45) is 0 Å². The molecule has 0 aromatic carbocycles. The number of halogens is 2. The van der Waals surface area contributed by atoms with Gasteiger partial charge in [0.05, 0.1) is 0 Å². The summed E-state index contributed by atoms with van der Waals surface area (Å²) in [7, 11) is 0. The van der Waals surface area contributed by atoms with E-state index in [-0.39, 0.29) is 34.7 Å². The van der Waals surface area contributed by atoms with Gasteiger partial charge in [0.2, 0.25) is 11.8 Å². The molecule has 6 atom stereocenters. The Hall–Kier alpha value is -0.560. The molecule has 0 aromatic rings. The Balaban J connectivity index is 1.59. The molecule has 22 heavy (non-hydrogen) atoms. The molecule has 0 saturated carbocycles. The van der Waals surface area contributed by atoms with Gasteiger partial charge in [0.1, 0.15) is 12.1 Å². The standard InChI is InChI=1S/C14H22Cl2N4O2/c15-7-1-3-9(17-5-7)11-13(21)20-12(14(22)19-11)10-4-2-8(16)6-18-10/h7-12,17-18H,1-6H2,(H,19,22)(H,20,21)/t7-,8-,9-,10+,11+,12+/m0/s1. The van der Waals surface area contributed by atoms with E-state index in [0.717, 1.165) is 25.7 Å². The van der Waals surface area contributed by atoms with E-state index < -0.39 is 12.1 Å². The normalized spacial score (nSPS) is 43.4. The maximum Gasteiger partial charge on any atom is 0.244 e. The number of piperidine rings is 2. The highest BCUT2D eigenvalue weighted by Gasteiger charge is 2.42. The van der Waals surface area contributed by atoms with Crippen molar-refractivity contribution in [2.45, 2.75) is 60.6 Å². The largest absolute Gasteiger partial charge is 0.341 e. The highest BCUT2D eigenvalue weighted by Crippen LogP contribution is 2.20. The van der Waals surface area contributed by atoms with Crippen LogP contribution < -0.4 is 21.3 Å². The van der Waals surface area contributed by atoms with Gasteiger partial charge in [0, 0.05) is 35.9 Å². The molecule has 0 radical (unpaired) electrons. The van der Waals surface area contributed by atoms with Gasteiger partial charge in [-0.25, -0.2) is 0 Å². The first kappa shape index (κ1) is 16.3. The fraction of sp³-hybridized carbons (Fsp3) is 0.857. The summed E-state index contributed by atoms with van der Waals surface area (Å²) in [6.45, 7) is 1.33. The Morgan fingerprint density at radius 1 is 0.727 bits per heavy atom. The molecule has 0 unspecified atom stereocenters. The number of alkyl halides is 2. The van der Waals surface area contributed by atoms with Crippen LogP contribution in [0.2, 0.25) is 0 Å². The SMILES string of the molecule is O=C1N[C@H]([C@H]2CC[C@H](Cl)CN2)C(=O)N[C@@H]1[C@@H]1CC[C@H](Cl)CN1. The molecule has 2 amide bonds. The van der Waals surface area contributed by atoms with Crippen molar-refractivity contribution < 1.29 is 9.59 Å². The van der Waals surface area contributed by atoms with E-state index in [1.807, 2.05) is 0 Å². The summed E-state index contributed by atoms with van der Waals surface area (Å²) < 4.78 is 0. The lowest BCUT2D eigenvalue weighted by molar-refractivity contribution is -0.138. The Bertz CT molecular complexity index is 395. The van der Waals surface area contributed by atoms with Crippen LogP contribution in [0.3, 0.4) is 0 Å². The van der Waals surface area contributed by atoms with Crippen molar-refractivity contribution in [3.63, 3.8) is 0 Å². The molecule has 3 rings (SSSR count). The van der Waals surface area contributed by atoms with Crippen molar-refractivity contribution >= 4 is 35.0 Å². The molecule has 3 aliphatic rings. The average molecular weight is 349 g/mol. The summed E-state index contributed by atoms with van der Waals surface area (Å²) in [6.07, 6.45) is 3.27. The van der Waals surface area contributed by atoms with Crippen LogP contribution in [0.5, 0.6) is 0 Å². The molecular formula is C14H22Cl2N4O2. The zero-order valence-electron chi connectivity index (χ0n) is 12.3. The molecule has 4 N–H and O–H groups in total. The third-order valence-electron chi connectivity index (χ3n) is 4.75. The molecule has 0 aliphatic carbocycles. The van der Waals surface area contributed by atoms with Gasteiger partial charge in [-0.2, -0.15) is 0 Å². The summed E-state index contributed by atoms with van der Waals surface area (Å²) in [5, 5.41) is 12.5. The zero-order valence-corrected chi connectivity index (χ0v) is 13.8. The highest BCUT2D eigenvalue weighted by molar-refractivity contribution is 6.21. The second kappa shape index (κ2) is 6.91. The van der Waals surface area contributed by atoms with E-state index in [0.29, 0.717) is 13.1 Å². The third-order valence-corrected chi connectivity index (χ3v) is 5.50. The number of nitrogens with one attached hydrogen (secondary N) is 4. The minimum atomic E-state index is -0.516. The Labute approximate surface area is 140 Å². The van der Waals surface area contributed by atoms with Crippen LogP contribution in [0.15, 0.2) is 0 Å². The van der Waals surface area contributed by atoms with Gasteiger partial charge in [-0.3, -0.25) is 9.59 Å². The summed E-state index contributed by atoms with van der Waals surface area (Å²) in [5.74, 6) is -0.241. The lowest BCUT2D eigenvalue weighted by Crippen LogP contribution is -2.71.